The molecule has 0 aliphatic carbocycles. The highest BCUT2D eigenvalue weighted by molar-refractivity contribution is 6.39. The van der Waals surface area contributed by atoms with Crippen molar-refractivity contribution in [2.45, 2.75) is 40.2 Å². The molecular weight excluding hydrogens is 510 g/mol. The minimum absolute atomic E-state index is 0.00353. The number of nitrogens with zero attached hydrogens (tertiary/aromatic N) is 3. The Bertz CT molecular complexity index is 1490. The van der Waals surface area contributed by atoms with E-state index < -0.39 is 29.7 Å². The van der Waals surface area contributed by atoms with Crippen molar-refractivity contribution in [2.24, 2.45) is 5.92 Å². The third-order valence-electron chi connectivity index (χ3n) is 8.28. The number of benzene rings is 3. The van der Waals surface area contributed by atoms with Crippen LogP contribution in [-0.2, 0) is 0 Å². The van der Waals surface area contributed by atoms with Crippen LogP contribution in [0, 0.1) is 12.8 Å². The van der Waals surface area contributed by atoms with Crippen molar-refractivity contribution >= 4 is 45.8 Å². The van der Waals surface area contributed by atoms with E-state index in [4.69, 9.17) is 0 Å². The molecule has 0 spiro atoms. The van der Waals surface area contributed by atoms with Crippen molar-refractivity contribution in [3.05, 3.63) is 70.3 Å². The highest BCUT2D eigenvalue weighted by Crippen LogP contribution is 2.40. The molecule has 0 bridgehead atoms. The van der Waals surface area contributed by atoms with Gasteiger partial charge in [0.25, 0.3) is 23.6 Å². The molecule has 40 heavy (non-hydrogen) atoms. The van der Waals surface area contributed by atoms with E-state index in [0.717, 1.165) is 15.5 Å². The predicted molar refractivity (Wildman–Crippen MR) is 152 cm³/mol. The minimum atomic E-state index is -0.689. The average Bonchev–Trinajstić information content (AvgIpc) is 2.96. The topological polar surface area (TPSA) is 118 Å². The summed E-state index contributed by atoms with van der Waals surface area (Å²) in [4.78, 5) is 59.1. The zero-order valence-electron chi connectivity index (χ0n) is 23.1. The van der Waals surface area contributed by atoms with Gasteiger partial charge in [-0.15, -0.1) is 0 Å². The first-order chi connectivity index (χ1) is 19.2. The first-order valence-corrected chi connectivity index (χ1v) is 13.6. The summed E-state index contributed by atoms with van der Waals surface area (Å²) in [6.45, 7) is 8.40. The fourth-order valence-electron chi connectivity index (χ4n) is 5.88. The second-order valence-corrected chi connectivity index (χ2v) is 10.4. The number of carbonyl (C=O) groups is 4. The van der Waals surface area contributed by atoms with Gasteiger partial charge in [-0.2, -0.15) is 0 Å². The smallest absolute Gasteiger partial charge is 0.265 e. The molecule has 0 saturated carbocycles. The molecule has 0 radical (unpaired) electrons. The van der Waals surface area contributed by atoms with Crippen molar-refractivity contribution in [3.63, 3.8) is 0 Å². The van der Waals surface area contributed by atoms with Gasteiger partial charge >= 0.3 is 0 Å². The highest BCUT2D eigenvalue weighted by Gasteiger charge is 2.43. The van der Waals surface area contributed by atoms with Gasteiger partial charge in [-0.05, 0) is 67.8 Å². The Morgan fingerprint density at radius 3 is 1.75 bits per heavy atom. The Balaban J connectivity index is 1.61. The van der Waals surface area contributed by atoms with E-state index >= 15 is 0 Å². The van der Waals surface area contributed by atoms with Gasteiger partial charge in [0.15, 0.2) is 0 Å². The van der Waals surface area contributed by atoms with Crippen molar-refractivity contribution in [3.8, 4) is 0 Å². The number of aliphatic hydroxyl groups is 2. The number of aliphatic hydroxyl groups excluding tert-OH is 2. The molecule has 2 heterocycles. The maximum atomic E-state index is 13.8. The Kier molecular flexibility index (Phi) is 7.20. The summed E-state index contributed by atoms with van der Waals surface area (Å²) < 4.78 is 0. The van der Waals surface area contributed by atoms with Gasteiger partial charge < -0.3 is 15.1 Å². The van der Waals surface area contributed by atoms with Crippen molar-refractivity contribution < 1.29 is 29.4 Å². The molecule has 2 aliphatic rings. The van der Waals surface area contributed by atoms with Crippen LogP contribution in [0.15, 0.2) is 42.5 Å². The van der Waals surface area contributed by atoms with E-state index in [1.54, 1.807) is 18.2 Å². The Morgan fingerprint density at radius 2 is 1.32 bits per heavy atom. The quantitative estimate of drug-likeness (QED) is 0.395. The highest BCUT2D eigenvalue weighted by atomic mass is 16.3. The fraction of sp³-hybridized carbons (Fsp3) is 0.355. The normalized spacial score (nSPS) is 16.1. The molecule has 9 nitrogen and oxygen atoms in total. The van der Waals surface area contributed by atoms with E-state index in [-0.39, 0.29) is 41.4 Å². The molecule has 0 saturated heterocycles. The van der Waals surface area contributed by atoms with E-state index in [0.29, 0.717) is 41.5 Å². The molecule has 2 atom stereocenters. The van der Waals surface area contributed by atoms with Gasteiger partial charge in [0, 0.05) is 51.8 Å². The molecule has 4 amide bonds. The fourth-order valence-corrected chi connectivity index (χ4v) is 5.88. The van der Waals surface area contributed by atoms with Crippen LogP contribution in [-0.4, -0.2) is 71.1 Å². The Hall–Kier alpha value is -4.08. The molecule has 208 valence electrons. The summed E-state index contributed by atoms with van der Waals surface area (Å²) >= 11 is 0. The van der Waals surface area contributed by atoms with Gasteiger partial charge in [0.2, 0.25) is 0 Å². The molecule has 1 unspecified atom stereocenters. The van der Waals surface area contributed by atoms with Crippen LogP contribution in [0.2, 0.25) is 0 Å². The number of imide groups is 2. The summed E-state index contributed by atoms with van der Waals surface area (Å²) in [7, 11) is 0. The van der Waals surface area contributed by atoms with Crippen LogP contribution < -0.4 is 9.80 Å². The number of rotatable bonds is 9. The van der Waals surface area contributed by atoms with Crippen LogP contribution in [0.1, 0.15) is 74.2 Å². The van der Waals surface area contributed by atoms with Crippen LogP contribution in [0.3, 0.4) is 0 Å². The van der Waals surface area contributed by atoms with E-state index in [2.05, 4.69) is 0 Å². The number of hydrogen-bond acceptors (Lipinski definition) is 7. The number of hydrogen-bond donors (Lipinski definition) is 2. The summed E-state index contributed by atoms with van der Waals surface area (Å²) in [5, 5.41) is 20.0. The standard InChI is InChI=1S/C31H33N3O6/c1-5-17(3)25(16-36)34-30(39)22-10-8-20-26-21(9-11-23(27(22)26)31(34)40)29(38)33(28(20)37)24-12-7-19(15-18(24)4)32(6-2)13-14-35/h7-12,15,17,25,35-36H,5-6,13-14,16H2,1-4H3/t17?,25-/m0/s1. The lowest BCUT2D eigenvalue weighted by molar-refractivity contribution is 0.0390. The van der Waals surface area contributed by atoms with Crippen molar-refractivity contribution in [1.82, 2.24) is 4.90 Å². The van der Waals surface area contributed by atoms with Gasteiger partial charge in [0.1, 0.15) is 0 Å². The van der Waals surface area contributed by atoms with Crippen LogP contribution in [0.5, 0.6) is 0 Å². The molecule has 3 aromatic carbocycles. The number of carbonyl (C=O) groups excluding carboxylic acids is 4. The van der Waals surface area contributed by atoms with Crippen LogP contribution >= 0.6 is 0 Å². The van der Waals surface area contributed by atoms with Crippen molar-refractivity contribution in [1.29, 1.82) is 0 Å². The van der Waals surface area contributed by atoms with Gasteiger partial charge in [-0.3, -0.25) is 24.1 Å². The maximum absolute atomic E-state index is 13.8. The molecule has 2 N–H and O–H groups in total. The van der Waals surface area contributed by atoms with E-state index in [9.17, 15) is 29.4 Å². The van der Waals surface area contributed by atoms with Gasteiger partial charge in [0.05, 0.1) is 24.9 Å². The van der Waals surface area contributed by atoms with Gasteiger partial charge in [-0.1, -0.05) is 20.3 Å². The summed E-state index contributed by atoms with van der Waals surface area (Å²) in [5.41, 5.74) is 2.97. The third-order valence-corrected chi connectivity index (χ3v) is 8.28. The number of likely N-dealkylation sites (N-methyl/N-ethyl adjacent to an activating group) is 1. The molecule has 0 aromatic heterocycles. The Morgan fingerprint density at radius 1 is 0.800 bits per heavy atom. The minimum Gasteiger partial charge on any atom is -0.395 e. The lowest BCUT2D eigenvalue weighted by Gasteiger charge is -2.37. The summed E-state index contributed by atoms with van der Waals surface area (Å²) in [6, 6.07) is 10.9. The number of anilines is 2. The zero-order chi connectivity index (χ0) is 28.9. The lowest BCUT2D eigenvalue weighted by atomic mass is 9.84. The monoisotopic (exact) mass is 543 g/mol. The number of aryl methyl sites for hydroxylation is 1. The molecule has 5 rings (SSSR count). The largest absolute Gasteiger partial charge is 0.395 e. The third kappa shape index (κ3) is 4.00. The first kappa shape index (κ1) is 27.5. The van der Waals surface area contributed by atoms with E-state index in [1.165, 1.54) is 12.1 Å². The second-order valence-electron chi connectivity index (χ2n) is 10.4. The predicted octanol–water partition coefficient (Wildman–Crippen LogP) is 3.77. The first-order valence-electron chi connectivity index (χ1n) is 13.6. The second kappa shape index (κ2) is 10.5. The zero-order valence-corrected chi connectivity index (χ0v) is 23.1. The molecular formula is C31H33N3O6. The number of amides is 4. The van der Waals surface area contributed by atoms with Gasteiger partial charge in [-0.25, -0.2) is 4.90 Å². The van der Waals surface area contributed by atoms with E-state index in [1.807, 2.05) is 44.7 Å². The van der Waals surface area contributed by atoms with Crippen LogP contribution in [0.4, 0.5) is 11.4 Å². The lowest BCUT2D eigenvalue weighted by Crippen LogP contribution is -2.51. The Labute approximate surface area is 232 Å². The molecule has 9 heteroatoms. The maximum Gasteiger partial charge on any atom is 0.265 e. The average molecular weight is 544 g/mol. The molecule has 3 aromatic rings. The SMILES string of the molecule is CCC(C)[C@H](CO)N1C(=O)c2ccc3c4c(ccc(c24)C1=O)C(=O)N(c1ccc(N(CC)CCO)cc1C)C3=O. The molecule has 0 fully saturated rings. The van der Waals surface area contributed by atoms with Crippen LogP contribution in [0.25, 0.3) is 10.8 Å². The molecule has 2 aliphatic heterocycles. The summed E-state index contributed by atoms with van der Waals surface area (Å²) in [6.07, 6.45) is 0.666. The van der Waals surface area contributed by atoms with Crippen molar-refractivity contribution in [2.75, 3.05) is 36.1 Å². The summed E-state index contributed by atoms with van der Waals surface area (Å²) in [5.74, 6) is -2.27.